The lowest BCUT2D eigenvalue weighted by atomic mass is 10.1. The van der Waals surface area contributed by atoms with Crippen molar-refractivity contribution in [1.29, 1.82) is 0 Å². The van der Waals surface area contributed by atoms with Crippen LogP contribution in [0.3, 0.4) is 0 Å². The molecular formula is C39H46ClN11O2. The van der Waals surface area contributed by atoms with E-state index in [9.17, 15) is 4.79 Å². The number of carbonyl (C=O) groups is 1. The maximum absolute atomic E-state index is 10.4. The van der Waals surface area contributed by atoms with Gasteiger partial charge in [-0.3, -0.25) is 14.8 Å². The Kier molecular flexibility index (Phi) is 13.0. The van der Waals surface area contributed by atoms with Crippen molar-refractivity contribution in [2.75, 3.05) is 36.0 Å². The molecule has 4 N–H and O–H groups in total. The second-order valence-corrected chi connectivity index (χ2v) is 13.0. The van der Waals surface area contributed by atoms with Gasteiger partial charge >= 0.3 is 0 Å². The van der Waals surface area contributed by atoms with Crippen LogP contribution >= 0.6 is 12.4 Å². The molecule has 14 heteroatoms. The third-order valence-electron chi connectivity index (χ3n) is 9.31. The van der Waals surface area contributed by atoms with Crippen LogP contribution in [-0.2, 0) is 17.9 Å². The zero-order chi connectivity index (χ0) is 35.2. The molecule has 0 saturated carbocycles. The van der Waals surface area contributed by atoms with Crippen molar-refractivity contribution in [3.63, 3.8) is 0 Å². The number of pyridine rings is 2. The van der Waals surface area contributed by atoms with Crippen LogP contribution < -0.4 is 26.0 Å². The highest BCUT2D eigenvalue weighted by molar-refractivity contribution is 5.85. The molecular weight excluding hydrogens is 690 g/mol. The van der Waals surface area contributed by atoms with Crippen LogP contribution in [0.1, 0.15) is 44.5 Å². The fourth-order valence-corrected chi connectivity index (χ4v) is 6.83. The number of aromatic nitrogens is 6. The second kappa shape index (κ2) is 17.8. The lowest BCUT2D eigenvalue weighted by Gasteiger charge is -2.32. The molecule has 2 atom stereocenters. The van der Waals surface area contributed by atoms with Crippen molar-refractivity contribution in [3.05, 3.63) is 108 Å². The highest BCUT2D eigenvalue weighted by Crippen LogP contribution is 2.28. The molecule has 2 aliphatic rings. The van der Waals surface area contributed by atoms with Gasteiger partial charge in [0.05, 0.1) is 59.3 Å². The van der Waals surface area contributed by atoms with Crippen molar-refractivity contribution >= 4 is 58.5 Å². The summed E-state index contributed by atoms with van der Waals surface area (Å²) in [6.07, 6.45) is 7.45. The Hall–Kier alpha value is -5.55. The molecule has 276 valence electrons. The van der Waals surface area contributed by atoms with E-state index in [1.54, 1.807) is 18.5 Å². The first-order chi connectivity index (χ1) is 25.0. The normalized spacial score (nSPS) is 16.8. The van der Waals surface area contributed by atoms with Gasteiger partial charge in [-0.15, -0.1) is 12.4 Å². The van der Waals surface area contributed by atoms with E-state index in [0.29, 0.717) is 31.0 Å². The van der Waals surface area contributed by atoms with E-state index >= 15 is 0 Å². The average molecular weight is 736 g/mol. The van der Waals surface area contributed by atoms with E-state index in [4.69, 9.17) is 32.7 Å². The van der Waals surface area contributed by atoms with Crippen LogP contribution in [0, 0.1) is 6.57 Å². The number of fused-ring (bicyclic) bond motifs is 2. The number of rotatable bonds is 8. The Labute approximate surface area is 315 Å². The van der Waals surface area contributed by atoms with Crippen LogP contribution in [-0.4, -0.2) is 73.8 Å². The number of benzene rings is 2. The number of nitrogens with two attached hydrogens (primary N) is 2. The van der Waals surface area contributed by atoms with Gasteiger partial charge in [-0.25, -0.2) is 14.8 Å². The number of anilines is 2. The molecule has 4 aromatic heterocycles. The maximum Gasteiger partial charge on any atom is 0.298 e. The largest absolute Gasteiger partial charge is 0.427 e. The quantitative estimate of drug-likeness (QED) is 0.142. The monoisotopic (exact) mass is 735 g/mol. The van der Waals surface area contributed by atoms with Gasteiger partial charge in [0.2, 0.25) is 17.6 Å². The highest BCUT2D eigenvalue weighted by atomic mass is 35.5. The first kappa shape index (κ1) is 38.7. The van der Waals surface area contributed by atoms with Crippen molar-refractivity contribution in [3.8, 4) is 5.75 Å². The summed E-state index contributed by atoms with van der Waals surface area (Å²) in [5.74, 6) is 2.31. The van der Waals surface area contributed by atoms with Crippen molar-refractivity contribution in [1.82, 2.24) is 29.1 Å². The molecule has 2 fully saturated rings. The summed E-state index contributed by atoms with van der Waals surface area (Å²) in [4.78, 5) is 36.9. The minimum atomic E-state index is 0. The standard InChI is InChI=1S/C19H20N6.C19H21N5O2.CH4.ClH/c1-21-15-8-9-16(22-11-15)13-25-18-7-3-2-6-17(18)23-19(25)24-10-4-5-14(20)12-24;20-14-4-3-9-23(11-14)19-22-17-5-1-2-6-18(17)24(19)12-15-7-8-16(10-21-15)26-13-25;;/h2-3,6-9,11,14H,4-5,10,12-13,20H2;1-2,5-8,10,13-14H,3-4,9,11-12,20H2;1H4;1H/t2*14-;;/m00../s1. The van der Waals surface area contributed by atoms with E-state index < -0.39 is 0 Å². The van der Waals surface area contributed by atoms with Crippen molar-refractivity contribution in [2.45, 2.75) is 58.3 Å². The number of halogens is 1. The summed E-state index contributed by atoms with van der Waals surface area (Å²) in [6, 6.07) is 24.0. The summed E-state index contributed by atoms with van der Waals surface area (Å²) in [5.41, 5.74) is 18.8. The lowest BCUT2D eigenvalue weighted by Crippen LogP contribution is -2.44. The number of nitrogens with zero attached hydrogens (tertiary/aromatic N) is 9. The van der Waals surface area contributed by atoms with Gasteiger partial charge in [-0.1, -0.05) is 37.8 Å². The Morgan fingerprint density at radius 2 is 1.26 bits per heavy atom. The number of carbonyl (C=O) groups excluding carboxylic acids is 1. The van der Waals surface area contributed by atoms with Gasteiger partial charge in [0, 0.05) is 44.5 Å². The SMILES string of the molecule is C.Cl.N[C@H]1CCCN(c2nc3ccccc3n2Cc2ccc(OC=O)cn2)C1.[C-]#[N+]c1ccc(Cn2c(N3CCC[C@H](N)C3)nc3ccccc32)nc1. The Balaban J connectivity index is 0.000000197. The van der Waals surface area contributed by atoms with Crippen LogP contribution in [0.15, 0.2) is 85.2 Å². The van der Waals surface area contributed by atoms with Gasteiger partial charge in [0.15, 0.2) is 0 Å². The van der Waals surface area contributed by atoms with Gasteiger partial charge in [0.1, 0.15) is 5.75 Å². The fraction of sp³-hybridized carbons (Fsp3) is 0.333. The maximum atomic E-state index is 10.4. The molecule has 53 heavy (non-hydrogen) atoms. The van der Waals surface area contributed by atoms with Crippen molar-refractivity contribution in [2.24, 2.45) is 11.5 Å². The van der Waals surface area contributed by atoms with Crippen LogP contribution in [0.2, 0.25) is 0 Å². The van der Waals surface area contributed by atoms with Crippen LogP contribution in [0.5, 0.6) is 5.75 Å². The van der Waals surface area contributed by atoms with E-state index in [-0.39, 0.29) is 31.9 Å². The molecule has 2 aromatic carbocycles. The van der Waals surface area contributed by atoms with Gasteiger partial charge in [-0.2, -0.15) is 0 Å². The smallest absolute Gasteiger partial charge is 0.298 e. The number of para-hydroxylation sites is 4. The number of piperidine rings is 2. The molecule has 0 bridgehead atoms. The summed E-state index contributed by atoms with van der Waals surface area (Å²) < 4.78 is 9.19. The molecule has 0 radical (unpaired) electrons. The van der Waals surface area contributed by atoms with E-state index in [2.05, 4.69) is 45.9 Å². The minimum absolute atomic E-state index is 0. The predicted molar refractivity (Wildman–Crippen MR) is 212 cm³/mol. The Morgan fingerprint density at radius 3 is 1.70 bits per heavy atom. The second-order valence-electron chi connectivity index (χ2n) is 13.0. The van der Waals surface area contributed by atoms with E-state index in [1.807, 2.05) is 54.6 Å². The van der Waals surface area contributed by atoms with E-state index in [0.717, 1.165) is 97.2 Å². The van der Waals surface area contributed by atoms with E-state index in [1.165, 1.54) is 0 Å². The third kappa shape index (κ3) is 8.92. The van der Waals surface area contributed by atoms with Gasteiger partial charge in [-0.05, 0) is 68.1 Å². The molecule has 6 heterocycles. The molecule has 2 saturated heterocycles. The summed E-state index contributed by atoms with van der Waals surface area (Å²) in [5, 5.41) is 0. The number of hydrogen-bond acceptors (Lipinski definition) is 10. The third-order valence-corrected chi connectivity index (χ3v) is 9.31. The Morgan fingerprint density at radius 1 is 0.755 bits per heavy atom. The minimum Gasteiger partial charge on any atom is -0.427 e. The molecule has 0 amide bonds. The summed E-state index contributed by atoms with van der Waals surface area (Å²) in [6.45, 7) is 12.2. The molecule has 13 nitrogen and oxygen atoms in total. The molecule has 6 aromatic rings. The highest BCUT2D eigenvalue weighted by Gasteiger charge is 2.24. The molecule has 0 aliphatic carbocycles. The average Bonchev–Trinajstić information content (AvgIpc) is 3.71. The molecule has 8 rings (SSSR count). The zero-order valence-electron chi connectivity index (χ0n) is 28.8. The van der Waals surface area contributed by atoms with Crippen molar-refractivity contribution < 1.29 is 9.53 Å². The number of imidazole rings is 2. The van der Waals surface area contributed by atoms with Crippen LogP contribution in [0.25, 0.3) is 26.9 Å². The van der Waals surface area contributed by atoms with Crippen LogP contribution in [0.4, 0.5) is 17.6 Å². The number of ether oxygens (including phenoxy) is 1. The summed E-state index contributed by atoms with van der Waals surface area (Å²) >= 11 is 0. The first-order valence-electron chi connectivity index (χ1n) is 17.3. The van der Waals surface area contributed by atoms with Gasteiger partial charge in [0.25, 0.3) is 6.47 Å². The topological polar surface area (TPSA) is 151 Å². The molecule has 0 spiro atoms. The first-order valence-corrected chi connectivity index (χ1v) is 17.3. The Bertz CT molecular complexity index is 2140. The van der Waals surface area contributed by atoms with Gasteiger partial charge < -0.3 is 35.1 Å². The molecule has 2 aliphatic heterocycles. The lowest BCUT2D eigenvalue weighted by molar-refractivity contribution is -0.120. The fourth-order valence-electron chi connectivity index (χ4n) is 6.83. The predicted octanol–water partition coefficient (Wildman–Crippen LogP) is 5.96. The number of hydrogen-bond donors (Lipinski definition) is 2. The summed E-state index contributed by atoms with van der Waals surface area (Å²) in [7, 11) is 0. The molecule has 0 unspecified atom stereocenters. The zero-order valence-corrected chi connectivity index (χ0v) is 29.6.